The summed E-state index contributed by atoms with van der Waals surface area (Å²) in [4.78, 5) is 26.9. The highest BCUT2D eigenvalue weighted by atomic mass is 19.1. The van der Waals surface area contributed by atoms with E-state index < -0.39 is 5.82 Å². The number of carbonyl (C=O) groups is 1. The van der Waals surface area contributed by atoms with Gasteiger partial charge in [0.05, 0.1) is 30.2 Å². The van der Waals surface area contributed by atoms with Crippen molar-refractivity contribution in [3.8, 4) is 6.01 Å². The van der Waals surface area contributed by atoms with Gasteiger partial charge in [-0.1, -0.05) is 12.1 Å². The van der Waals surface area contributed by atoms with E-state index in [1.807, 2.05) is 11.5 Å². The zero-order valence-electron chi connectivity index (χ0n) is 14.7. The molecule has 0 bridgehead atoms. The highest BCUT2D eigenvalue weighted by molar-refractivity contribution is 5.94. The van der Waals surface area contributed by atoms with Gasteiger partial charge in [0.25, 0.3) is 5.91 Å². The van der Waals surface area contributed by atoms with Gasteiger partial charge in [0, 0.05) is 24.6 Å². The number of hydrogen-bond donors (Lipinski definition) is 0. The van der Waals surface area contributed by atoms with Gasteiger partial charge in [-0.15, -0.1) is 0 Å². The van der Waals surface area contributed by atoms with Crippen molar-refractivity contribution in [1.29, 1.82) is 0 Å². The van der Waals surface area contributed by atoms with E-state index in [0.717, 1.165) is 11.4 Å². The first kappa shape index (κ1) is 17.1. The van der Waals surface area contributed by atoms with Gasteiger partial charge < -0.3 is 14.2 Å². The fourth-order valence-electron chi connectivity index (χ4n) is 3.14. The van der Waals surface area contributed by atoms with Crippen LogP contribution in [0.3, 0.4) is 0 Å². The minimum atomic E-state index is -0.525. The molecule has 1 atom stereocenters. The first-order chi connectivity index (χ1) is 13.1. The van der Waals surface area contributed by atoms with Gasteiger partial charge in [0.2, 0.25) is 0 Å². The monoisotopic (exact) mass is 367 g/mol. The molecule has 1 aromatic carbocycles. The number of nitrogens with zero attached hydrogens (tertiary/aromatic N) is 5. The Morgan fingerprint density at radius 1 is 1.33 bits per heavy atom. The van der Waals surface area contributed by atoms with E-state index in [9.17, 15) is 9.18 Å². The van der Waals surface area contributed by atoms with Crippen molar-refractivity contribution in [2.75, 3.05) is 13.2 Å². The Balaban J connectivity index is 1.54. The Kier molecular flexibility index (Phi) is 4.53. The Morgan fingerprint density at radius 3 is 3.00 bits per heavy atom. The fraction of sp³-hybridized carbons (Fsp3) is 0.263. The van der Waals surface area contributed by atoms with Gasteiger partial charge in [-0.25, -0.2) is 19.3 Å². The highest BCUT2D eigenvalue weighted by Gasteiger charge is 2.30. The van der Waals surface area contributed by atoms with Gasteiger partial charge in [0.1, 0.15) is 12.4 Å². The Labute approximate surface area is 155 Å². The summed E-state index contributed by atoms with van der Waals surface area (Å²) in [5.41, 5.74) is 1.74. The first-order valence-corrected chi connectivity index (χ1v) is 8.59. The summed E-state index contributed by atoms with van der Waals surface area (Å²) in [7, 11) is 0. The lowest BCUT2D eigenvalue weighted by molar-refractivity contribution is 0.0639. The minimum Gasteiger partial charge on any atom is -0.461 e. The van der Waals surface area contributed by atoms with Crippen molar-refractivity contribution >= 4 is 5.91 Å². The maximum atomic E-state index is 14.0. The van der Waals surface area contributed by atoms with E-state index in [4.69, 9.17) is 4.74 Å². The molecule has 0 saturated carbocycles. The molecule has 0 radical (unpaired) electrons. The summed E-state index contributed by atoms with van der Waals surface area (Å²) in [6, 6.07) is 7.91. The second-order valence-corrected chi connectivity index (χ2v) is 6.40. The molecule has 4 rings (SSSR count). The number of rotatable bonds is 4. The van der Waals surface area contributed by atoms with Crippen LogP contribution >= 0.6 is 0 Å². The smallest absolute Gasteiger partial charge is 0.316 e. The number of carbonyl (C=O) groups excluding carboxylic acids is 1. The molecular weight excluding hydrogens is 349 g/mol. The van der Waals surface area contributed by atoms with E-state index in [0.29, 0.717) is 13.1 Å². The van der Waals surface area contributed by atoms with E-state index in [1.54, 1.807) is 41.8 Å². The van der Waals surface area contributed by atoms with Crippen LogP contribution < -0.4 is 4.74 Å². The molecule has 0 fully saturated rings. The molecule has 138 valence electrons. The molecule has 0 saturated heterocycles. The molecule has 1 aliphatic rings. The average molecular weight is 367 g/mol. The predicted octanol–water partition coefficient (Wildman–Crippen LogP) is 2.40. The summed E-state index contributed by atoms with van der Waals surface area (Å²) in [6.07, 6.45) is 5.05. The molecule has 2 aromatic heterocycles. The van der Waals surface area contributed by atoms with Crippen LogP contribution in [-0.4, -0.2) is 43.5 Å². The van der Waals surface area contributed by atoms with Crippen LogP contribution in [-0.2, 0) is 6.54 Å². The number of aryl methyl sites for hydroxylation is 1. The quantitative estimate of drug-likeness (QED) is 0.708. The topological polar surface area (TPSA) is 73.1 Å². The van der Waals surface area contributed by atoms with Crippen molar-refractivity contribution < 1.29 is 13.9 Å². The number of fused-ring (bicyclic) bond motifs is 1. The lowest BCUT2D eigenvalue weighted by Gasteiger charge is -2.34. The minimum absolute atomic E-state index is 0.0622. The number of amides is 1. The van der Waals surface area contributed by atoms with Crippen LogP contribution in [0.15, 0.2) is 49.1 Å². The maximum Gasteiger partial charge on any atom is 0.316 e. The molecular formula is C19H18FN5O2. The molecule has 27 heavy (non-hydrogen) atoms. The molecule has 0 unspecified atom stereocenters. The van der Waals surface area contributed by atoms with Crippen LogP contribution in [0.25, 0.3) is 0 Å². The molecule has 0 spiro atoms. The molecule has 8 heteroatoms. The third-order valence-electron chi connectivity index (χ3n) is 4.49. The van der Waals surface area contributed by atoms with E-state index in [1.165, 1.54) is 12.1 Å². The lowest BCUT2D eigenvalue weighted by atomic mass is 10.1. The molecule has 1 aliphatic heterocycles. The Bertz CT molecular complexity index is 974. The Hall–Kier alpha value is -3.29. The normalized spacial score (nSPS) is 16.1. The molecule has 3 heterocycles. The van der Waals surface area contributed by atoms with Crippen molar-refractivity contribution in [2.45, 2.75) is 19.5 Å². The van der Waals surface area contributed by atoms with Gasteiger partial charge in [0.15, 0.2) is 0 Å². The number of halogens is 1. The zero-order valence-corrected chi connectivity index (χ0v) is 14.7. The van der Waals surface area contributed by atoms with Crippen LogP contribution in [0, 0.1) is 12.7 Å². The second kappa shape index (κ2) is 7.14. The molecule has 7 nitrogen and oxygen atoms in total. The largest absolute Gasteiger partial charge is 0.461 e. The molecule has 0 N–H and O–H groups in total. The third-order valence-corrected chi connectivity index (χ3v) is 4.49. The van der Waals surface area contributed by atoms with E-state index >= 15 is 0 Å². The number of ether oxygens (including phenoxy) is 1. The third kappa shape index (κ3) is 3.51. The fourth-order valence-corrected chi connectivity index (χ4v) is 3.14. The van der Waals surface area contributed by atoms with Gasteiger partial charge in [-0.3, -0.25) is 4.79 Å². The number of aromatic nitrogens is 4. The first-order valence-electron chi connectivity index (χ1n) is 8.59. The van der Waals surface area contributed by atoms with Crippen LogP contribution in [0.4, 0.5) is 4.39 Å². The maximum absolute atomic E-state index is 14.0. The summed E-state index contributed by atoms with van der Waals surface area (Å²) < 4.78 is 21.7. The zero-order chi connectivity index (χ0) is 18.8. The lowest BCUT2D eigenvalue weighted by Crippen LogP contribution is -2.42. The van der Waals surface area contributed by atoms with Crippen molar-refractivity contribution in [1.82, 2.24) is 24.4 Å². The van der Waals surface area contributed by atoms with E-state index in [-0.39, 0.29) is 30.1 Å². The van der Waals surface area contributed by atoms with Gasteiger partial charge in [-0.2, -0.15) is 0 Å². The van der Waals surface area contributed by atoms with Gasteiger partial charge >= 0.3 is 6.01 Å². The van der Waals surface area contributed by atoms with Gasteiger partial charge in [-0.05, 0) is 25.1 Å². The number of benzene rings is 1. The summed E-state index contributed by atoms with van der Waals surface area (Å²) >= 11 is 0. The number of hydrogen-bond acceptors (Lipinski definition) is 5. The SMILES string of the molecule is Cc1ccnc(OC[C@H]2CN(C(=O)c3ccccc3F)Cc3cncn32)n1. The molecule has 0 aliphatic carbocycles. The summed E-state index contributed by atoms with van der Waals surface area (Å²) in [5.74, 6) is -0.875. The average Bonchev–Trinajstić information content (AvgIpc) is 3.15. The predicted molar refractivity (Wildman–Crippen MR) is 94.7 cm³/mol. The molecule has 1 amide bonds. The standard InChI is InChI=1S/C19H18FN5O2/c1-13-6-7-22-19(23-13)27-11-15-10-24(9-14-8-21-12-25(14)15)18(26)16-4-2-3-5-17(16)20/h2-8,12,15H,9-11H2,1H3/t15-/m1/s1. The Morgan fingerprint density at radius 2 is 2.19 bits per heavy atom. The number of imidazole rings is 1. The van der Waals surface area contributed by atoms with Crippen LogP contribution in [0.1, 0.15) is 27.8 Å². The summed E-state index contributed by atoms with van der Waals surface area (Å²) in [6.45, 7) is 2.87. The van der Waals surface area contributed by atoms with Crippen molar-refractivity contribution in [3.63, 3.8) is 0 Å². The van der Waals surface area contributed by atoms with Crippen LogP contribution in [0.5, 0.6) is 6.01 Å². The van der Waals surface area contributed by atoms with Crippen molar-refractivity contribution in [2.24, 2.45) is 0 Å². The van der Waals surface area contributed by atoms with E-state index in [2.05, 4.69) is 15.0 Å². The van der Waals surface area contributed by atoms with Crippen LogP contribution in [0.2, 0.25) is 0 Å². The molecule has 3 aromatic rings. The summed E-state index contributed by atoms with van der Waals surface area (Å²) in [5, 5.41) is 0. The highest BCUT2D eigenvalue weighted by Crippen LogP contribution is 2.24. The second-order valence-electron chi connectivity index (χ2n) is 6.40. The van der Waals surface area contributed by atoms with Crippen molar-refractivity contribution in [3.05, 3.63) is 71.8 Å².